The quantitative estimate of drug-likeness (QED) is 0.457. The van der Waals surface area contributed by atoms with Crippen LogP contribution in [0, 0.1) is 0 Å². The van der Waals surface area contributed by atoms with Crippen molar-refractivity contribution in [3.8, 4) is 11.6 Å². The smallest absolute Gasteiger partial charge is 0.398 e. The Balaban J connectivity index is 2.31. The number of hydrogen-bond acceptors (Lipinski definition) is 4. The molecule has 0 unspecified atom stereocenters. The lowest BCUT2D eigenvalue weighted by atomic mass is 10.2. The number of benzene rings is 1. The summed E-state index contributed by atoms with van der Waals surface area (Å²) < 4.78 is 11.5. The monoisotopic (exact) mass is 258 g/mol. The van der Waals surface area contributed by atoms with E-state index in [1.807, 2.05) is 6.07 Å². The van der Waals surface area contributed by atoms with Crippen LogP contribution in [0.5, 0.6) is 11.6 Å². The summed E-state index contributed by atoms with van der Waals surface area (Å²) in [6.07, 6.45) is 1.65. The van der Waals surface area contributed by atoms with Gasteiger partial charge in [-0.1, -0.05) is 12.1 Å². The molecular formula is C14H14N2O3. The van der Waals surface area contributed by atoms with E-state index in [-0.39, 0.29) is 5.90 Å². The molecule has 0 aliphatic carbocycles. The van der Waals surface area contributed by atoms with Crippen LogP contribution in [0.25, 0.3) is 0 Å². The second-order valence-electron chi connectivity index (χ2n) is 3.72. The van der Waals surface area contributed by atoms with E-state index in [0.717, 1.165) is 0 Å². The van der Waals surface area contributed by atoms with Crippen molar-refractivity contribution in [1.29, 1.82) is 0 Å². The summed E-state index contributed by atoms with van der Waals surface area (Å²) in [6, 6.07) is 12.1. The minimum absolute atomic E-state index is 0.350. The normalized spacial score (nSPS) is 11.2. The first kappa shape index (κ1) is 12.9. The van der Waals surface area contributed by atoms with Gasteiger partial charge in [0, 0.05) is 6.07 Å². The van der Waals surface area contributed by atoms with Crippen molar-refractivity contribution in [3.05, 3.63) is 54.2 Å². The Hall–Kier alpha value is -2.56. The molecule has 0 bridgehead atoms. The van der Waals surface area contributed by atoms with E-state index in [2.05, 4.69) is 5.10 Å². The van der Waals surface area contributed by atoms with Gasteiger partial charge in [-0.05, 0) is 33.5 Å². The van der Waals surface area contributed by atoms with Crippen LogP contribution >= 0.6 is 0 Å². The first-order chi connectivity index (χ1) is 9.24. The summed E-state index contributed by atoms with van der Waals surface area (Å²) >= 11 is 0. The third-order valence-corrected chi connectivity index (χ3v) is 2.55. The molecule has 2 rings (SSSR count). The fraction of sp³-hybridized carbons (Fsp3) is 0.143. The van der Waals surface area contributed by atoms with Gasteiger partial charge in [0.15, 0.2) is 0 Å². The highest BCUT2D eigenvalue weighted by Gasteiger charge is 2.08. The molecule has 0 atom stereocenters. The van der Waals surface area contributed by atoms with Gasteiger partial charge >= 0.3 is 5.88 Å². The summed E-state index contributed by atoms with van der Waals surface area (Å²) in [4.78, 5) is 0. The molecule has 0 amide bonds. The minimum atomic E-state index is -0.350. The molecular weight excluding hydrogens is 244 g/mol. The molecule has 0 spiro atoms. The van der Waals surface area contributed by atoms with Crippen LogP contribution in [-0.2, 0) is 0 Å². The summed E-state index contributed by atoms with van der Waals surface area (Å²) in [5.74, 6) is 0.836. The van der Waals surface area contributed by atoms with Crippen LogP contribution in [0.3, 0.4) is 0 Å². The van der Waals surface area contributed by atoms with Crippen LogP contribution in [0.4, 0.5) is 0 Å². The van der Waals surface area contributed by atoms with E-state index in [0.29, 0.717) is 17.2 Å². The molecule has 1 aromatic heterocycles. The number of rotatable bonds is 4. The topological polar surface area (TPSA) is 57.8 Å². The number of ether oxygens (including phenoxy) is 2. The fourth-order valence-electron chi connectivity index (χ4n) is 1.55. The maximum absolute atomic E-state index is 12.0. The van der Waals surface area contributed by atoms with Crippen molar-refractivity contribution >= 4 is 5.90 Å². The van der Waals surface area contributed by atoms with Gasteiger partial charge in [-0.2, -0.15) is 0 Å². The molecule has 2 aromatic rings. The molecule has 0 radical (unpaired) electrons. The summed E-state index contributed by atoms with van der Waals surface area (Å²) in [7, 11) is 3.10. The van der Waals surface area contributed by atoms with E-state index in [1.165, 1.54) is 11.8 Å². The molecule has 5 nitrogen and oxygen atoms in total. The highest BCUT2D eigenvalue weighted by molar-refractivity contribution is 5.90. The Morgan fingerprint density at radius 2 is 1.79 bits per heavy atom. The predicted molar refractivity (Wildman–Crippen MR) is 68.1 cm³/mol. The Morgan fingerprint density at radius 1 is 1.05 bits per heavy atom. The molecule has 1 aromatic carbocycles. The van der Waals surface area contributed by atoms with Crippen LogP contribution < -0.4 is 19.3 Å². The van der Waals surface area contributed by atoms with Crippen molar-refractivity contribution in [3.63, 3.8) is 0 Å². The number of aromatic nitrogens is 1. The molecule has 5 heteroatoms. The zero-order chi connectivity index (χ0) is 13.7. The Bertz CT molecular complexity index is 579. The second-order valence-corrected chi connectivity index (χ2v) is 3.72. The molecule has 98 valence electrons. The molecule has 0 fully saturated rings. The lowest BCUT2D eigenvalue weighted by molar-refractivity contribution is -0.686. The zero-order valence-electron chi connectivity index (χ0n) is 10.7. The SMILES string of the molecule is COc1ccc(/C([O-])=N/[n+]2ccccc2OC)cc1. The van der Waals surface area contributed by atoms with Crippen molar-refractivity contribution in [2.75, 3.05) is 14.2 Å². The van der Waals surface area contributed by atoms with Crippen LogP contribution in [0.2, 0.25) is 0 Å². The molecule has 0 aliphatic heterocycles. The third kappa shape index (κ3) is 3.01. The van der Waals surface area contributed by atoms with Gasteiger partial charge in [-0.3, -0.25) is 0 Å². The Morgan fingerprint density at radius 3 is 2.42 bits per heavy atom. The largest absolute Gasteiger partial charge is 0.854 e. The van der Waals surface area contributed by atoms with Crippen LogP contribution in [0.15, 0.2) is 53.8 Å². The van der Waals surface area contributed by atoms with Gasteiger partial charge in [0.05, 0.1) is 26.2 Å². The number of methoxy groups -OCH3 is 2. The third-order valence-electron chi connectivity index (χ3n) is 2.55. The maximum Gasteiger partial charge on any atom is 0.398 e. The molecule has 1 heterocycles. The molecule has 0 saturated carbocycles. The molecule has 0 aliphatic rings. The van der Waals surface area contributed by atoms with Gasteiger partial charge in [0.25, 0.3) is 0 Å². The average Bonchev–Trinajstić information content (AvgIpc) is 2.48. The maximum atomic E-state index is 12.0. The Kier molecular flexibility index (Phi) is 3.97. The van der Waals surface area contributed by atoms with E-state index >= 15 is 0 Å². The predicted octanol–water partition coefficient (Wildman–Crippen LogP) is 0.561. The highest BCUT2D eigenvalue weighted by Crippen LogP contribution is 2.10. The first-order valence-corrected chi connectivity index (χ1v) is 5.69. The highest BCUT2D eigenvalue weighted by atomic mass is 16.5. The van der Waals surface area contributed by atoms with Crippen LogP contribution in [-0.4, -0.2) is 20.1 Å². The van der Waals surface area contributed by atoms with E-state index in [1.54, 1.807) is 49.7 Å². The van der Waals surface area contributed by atoms with E-state index in [4.69, 9.17) is 9.47 Å². The van der Waals surface area contributed by atoms with Gasteiger partial charge in [0.1, 0.15) is 5.75 Å². The Labute approximate surface area is 111 Å². The first-order valence-electron chi connectivity index (χ1n) is 5.69. The van der Waals surface area contributed by atoms with Crippen LogP contribution in [0.1, 0.15) is 5.56 Å². The second kappa shape index (κ2) is 5.86. The lowest BCUT2D eigenvalue weighted by Gasteiger charge is -2.08. The van der Waals surface area contributed by atoms with Crippen molar-refractivity contribution in [2.24, 2.45) is 5.10 Å². The fourth-order valence-corrected chi connectivity index (χ4v) is 1.55. The van der Waals surface area contributed by atoms with Crippen molar-refractivity contribution in [2.45, 2.75) is 0 Å². The lowest BCUT2D eigenvalue weighted by Crippen LogP contribution is -2.34. The van der Waals surface area contributed by atoms with Gasteiger partial charge in [-0.25, -0.2) is 0 Å². The molecule has 0 N–H and O–H groups in total. The number of pyridine rings is 1. The molecule has 0 saturated heterocycles. The zero-order valence-corrected chi connectivity index (χ0v) is 10.7. The van der Waals surface area contributed by atoms with E-state index in [9.17, 15) is 5.11 Å². The van der Waals surface area contributed by atoms with Gasteiger partial charge < -0.3 is 14.6 Å². The summed E-state index contributed by atoms with van der Waals surface area (Å²) in [6.45, 7) is 0. The van der Waals surface area contributed by atoms with Gasteiger partial charge in [0.2, 0.25) is 6.20 Å². The minimum Gasteiger partial charge on any atom is -0.854 e. The summed E-state index contributed by atoms with van der Waals surface area (Å²) in [5.41, 5.74) is 0.485. The number of hydrogen-bond donors (Lipinski definition) is 0. The average molecular weight is 258 g/mol. The van der Waals surface area contributed by atoms with E-state index < -0.39 is 0 Å². The van der Waals surface area contributed by atoms with Gasteiger partial charge in [-0.15, -0.1) is 0 Å². The summed E-state index contributed by atoms with van der Waals surface area (Å²) in [5, 5.41) is 16.0. The standard InChI is InChI=1S/C14H14N2O3/c1-18-12-8-6-11(7-9-12)14(17)15-16-10-4-3-5-13(16)19-2/h3-10H,1-2H3. The van der Waals surface area contributed by atoms with Crippen molar-refractivity contribution in [1.82, 2.24) is 0 Å². The molecule has 19 heavy (non-hydrogen) atoms. The number of nitrogens with zero attached hydrogens (tertiary/aromatic N) is 2. The van der Waals surface area contributed by atoms with Crippen molar-refractivity contribution < 1.29 is 19.3 Å².